The molecule has 4 saturated carbocycles. The highest BCUT2D eigenvalue weighted by atomic mass is 19.4. The summed E-state index contributed by atoms with van der Waals surface area (Å²) in [5, 5.41) is 5.44. The SMILES string of the molecule is CC(COCC(F)(F)C(F)(F)F)(COC(=O)NCC1CC2CCC1C2)COC(=O)NCC1CC2CCC1C2. The van der Waals surface area contributed by atoms with Gasteiger partial charge in [-0.2, -0.15) is 22.0 Å². The van der Waals surface area contributed by atoms with Crippen LogP contribution in [0.2, 0.25) is 0 Å². The minimum Gasteiger partial charge on any atom is -0.449 e. The summed E-state index contributed by atoms with van der Waals surface area (Å²) < 4.78 is 79.4. The summed E-state index contributed by atoms with van der Waals surface area (Å²) in [4.78, 5) is 24.6. The van der Waals surface area contributed by atoms with Crippen molar-refractivity contribution in [3.05, 3.63) is 0 Å². The maximum Gasteiger partial charge on any atom is 0.455 e. The normalized spacial score (nSPS) is 31.7. The van der Waals surface area contributed by atoms with E-state index in [0.717, 1.165) is 25.7 Å². The van der Waals surface area contributed by atoms with Crippen LogP contribution in [-0.2, 0) is 14.2 Å². The maximum atomic E-state index is 13.3. The lowest BCUT2D eigenvalue weighted by Gasteiger charge is -2.30. The molecule has 38 heavy (non-hydrogen) atoms. The van der Waals surface area contributed by atoms with Crippen molar-refractivity contribution in [1.29, 1.82) is 0 Å². The van der Waals surface area contributed by atoms with Crippen molar-refractivity contribution in [3.63, 3.8) is 0 Å². The molecule has 2 amide bonds. The predicted octanol–water partition coefficient (Wildman–Crippen LogP) is 5.53. The molecule has 12 heteroatoms. The van der Waals surface area contributed by atoms with Crippen LogP contribution in [0.25, 0.3) is 0 Å². The van der Waals surface area contributed by atoms with Gasteiger partial charge in [0.25, 0.3) is 0 Å². The first-order valence-electron chi connectivity index (χ1n) is 13.7. The number of carbonyl (C=O) groups excluding carboxylic acids is 2. The second-order valence-electron chi connectivity index (χ2n) is 12.3. The second kappa shape index (κ2) is 11.7. The summed E-state index contributed by atoms with van der Waals surface area (Å²) in [6.45, 7) is -0.957. The topological polar surface area (TPSA) is 85.9 Å². The van der Waals surface area contributed by atoms with Crippen LogP contribution in [0.5, 0.6) is 0 Å². The van der Waals surface area contributed by atoms with Gasteiger partial charge in [-0.1, -0.05) is 19.8 Å². The van der Waals surface area contributed by atoms with Gasteiger partial charge in [-0.25, -0.2) is 9.59 Å². The zero-order valence-electron chi connectivity index (χ0n) is 21.8. The molecule has 6 atom stereocenters. The Morgan fingerprint density at radius 3 is 1.55 bits per heavy atom. The Bertz CT molecular complexity index is 793. The highest BCUT2D eigenvalue weighted by Crippen LogP contribution is 2.48. The van der Waals surface area contributed by atoms with E-state index in [1.54, 1.807) is 0 Å². The number of halogens is 5. The molecule has 0 spiro atoms. The second-order valence-corrected chi connectivity index (χ2v) is 12.3. The molecule has 0 aliphatic heterocycles. The van der Waals surface area contributed by atoms with Gasteiger partial charge in [-0.15, -0.1) is 0 Å². The van der Waals surface area contributed by atoms with Gasteiger partial charge in [-0.05, 0) is 74.0 Å². The Kier molecular flexibility index (Phi) is 8.98. The number of ether oxygens (including phenoxy) is 3. The highest BCUT2D eigenvalue weighted by Gasteiger charge is 2.57. The summed E-state index contributed by atoms with van der Waals surface area (Å²) >= 11 is 0. The molecule has 4 bridgehead atoms. The van der Waals surface area contributed by atoms with E-state index in [0.29, 0.717) is 48.6 Å². The van der Waals surface area contributed by atoms with E-state index in [2.05, 4.69) is 10.6 Å². The smallest absolute Gasteiger partial charge is 0.449 e. The number of alkyl carbamates (subject to hydrolysis) is 2. The van der Waals surface area contributed by atoms with E-state index in [-0.39, 0.29) is 0 Å². The van der Waals surface area contributed by atoms with Gasteiger partial charge in [0, 0.05) is 13.1 Å². The first kappa shape index (κ1) is 29.1. The quantitative estimate of drug-likeness (QED) is 0.310. The Morgan fingerprint density at radius 1 is 0.711 bits per heavy atom. The molecule has 0 saturated heterocycles. The lowest BCUT2D eigenvalue weighted by atomic mass is 9.89. The third-order valence-corrected chi connectivity index (χ3v) is 9.04. The molecule has 4 fully saturated rings. The van der Waals surface area contributed by atoms with Gasteiger partial charge in [0.1, 0.15) is 19.8 Å². The summed E-state index contributed by atoms with van der Waals surface area (Å²) in [6.07, 6.45) is 2.07. The first-order valence-corrected chi connectivity index (χ1v) is 13.7. The standard InChI is InChI=1S/C26H39F5N2O5/c1-24(12-36-15-25(27,28)26(29,30)31,13-37-22(34)32-10-20-8-16-2-4-18(20)6-16)14-38-23(35)33-11-21-9-17-3-5-19(21)7-17/h16-21H,2-15H2,1H3,(H,32,34)(H,33,35). The van der Waals surface area contributed by atoms with Crippen LogP contribution < -0.4 is 10.6 Å². The zero-order valence-corrected chi connectivity index (χ0v) is 21.8. The van der Waals surface area contributed by atoms with Crippen molar-refractivity contribution in [3.8, 4) is 0 Å². The summed E-state index contributed by atoms with van der Waals surface area (Å²) in [5.41, 5.74) is -1.34. The molecule has 0 heterocycles. The molecule has 2 N–H and O–H groups in total. The molecule has 4 rings (SSSR count). The molecule has 6 unspecified atom stereocenters. The molecular weight excluding hydrogens is 515 g/mol. The minimum atomic E-state index is -5.75. The van der Waals surface area contributed by atoms with E-state index in [1.807, 2.05) is 0 Å². The zero-order chi connectivity index (χ0) is 27.6. The van der Waals surface area contributed by atoms with Crippen LogP contribution >= 0.6 is 0 Å². The van der Waals surface area contributed by atoms with Gasteiger partial charge < -0.3 is 24.8 Å². The molecule has 7 nitrogen and oxygen atoms in total. The van der Waals surface area contributed by atoms with Crippen molar-refractivity contribution < 1.29 is 45.8 Å². The van der Waals surface area contributed by atoms with Crippen LogP contribution in [0.1, 0.15) is 58.3 Å². The van der Waals surface area contributed by atoms with Crippen LogP contribution in [0.3, 0.4) is 0 Å². The largest absolute Gasteiger partial charge is 0.455 e. The summed E-state index contributed by atoms with van der Waals surface area (Å²) in [6, 6.07) is 0. The first-order chi connectivity index (χ1) is 17.8. The van der Waals surface area contributed by atoms with Crippen LogP contribution in [-0.4, -0.2) is 63.8 Å². The van der Waals surface area contributed by atoms with Gasteiger partial charge in [0.2, 0.25) is 0 Å². The van der Waals surface area contributed by atoms with Crippen molar-refractivity contribution in [2.24, 2.45) is 40.9 Å². The number of nitrogens with one attached hydrogen (secondary N) is 2. The van der Waals surface area contributed by atoms with Gasteiger partial charge in [-0.3, -0.25) is 0 Å². The number of fused-ring (bicyclic) bond motifs is 4. The molecule has 0 aromatic carbocycles. The van der Waals surface area contributed by atoms with Crippen LogP contribution in [0.15, 0.2) is 0 Å². The van der Waals surface area contributed by atoms with Crippen LogP contribution in [0, 0.1) is 40.9 Å². The lowest BCUT2D eigenvalue weighted by Crippen LogP contribution is -2.44. The lowest BCUT2D eigenvalue weighted by molar-refractivity contribution is -0.298. The van der Waals surface area contributed by atoms with E-state index < -0.39 is 56.1 Å². The highest BCUT2D eigenvalue weighted by molar-refractivity contribution is 5.67. The van der Waals surface area contributed by atoms with Crippen LogP contribution in [0.4, 0.5) is 31.5 Å². The Balaban J connectivity index is 1.23. The van der Waals surface area contributed by atoms with Crippen molar-refractivity contribution in [2.45, 2.75) is 70.4 Å². The number of hydrogen-bond donors (Lipinski definition) is 2. The maximum absolute atomic E-state index is 13.3. The Morgan fingerprint density at radius 2 is 1.18 bits per heavy atom. The molecule has 0 aromatic rings. The van der Waals surface area contributed by atoms with Crippen molar-refractivity contribution >= 4 is 12.2 Å². The fourth-order valence-corrected chi connectivity index (χ4v) is 6.90. The van der Waals surface area contributed by atoms with Crippen molar-refractivity contribution in [2.75, 3.05) is 39.5 Å². The number of carbonyl (C=O) groups is 2. The van der Waals surface area contributed by atoms with E-state index in [9.17, 15) is 31.5 Å². The molecule has 4 aliphatic carbocycles. The number of hydrogen-bond acceptors (Lipinski definition) is 5. The number of amides is 2. The fourth-order valence-electron chi connectivity index (χ4n) is 6.90. The van der Waals surface area contributed by atoms with E-state index in [1.165, 1.54) is 32.6 Å². The molecular formula is C26H39F5N2O5. The number of alkyl halides is 5. The monoisotopic (exact) mass is 554 g/mol. The van der Waals surface area contributed by atoms with Gasteiger partial charge in [0.05, 0.1) is 12.0 Å². The average molecular weight is 555 g/mol. The molecule has 218 valence electrons. The van der Waals surface area contributed by atoms with E-state index >= 15 is 0 Å². The third-order valence-electron chi connectivity index (χ3n) is 9.04. The fraction of sp³-hybridized carbons (Fsp3) is 0.923. The average Bonchev–Trinajstić information content (AvgIpc) is 3.65. The van der Waals surface area contributed by atoms with Gasteiger partial charge in [0.15, 0.2) is 0 Å². The third kappa shape index (κ3) is 7.41. The molecule has 0 radical (unpaired) electrons. The van der Waals surface area contributed by atoms with Gasteiger partial charge >= 0.3 is 24.3 Å². The predicted molar refractivity (Wildman–Crippen MR) is 127 cm³/mol. The molecule has 4 aliphatic rings. The number of rotatable bonds is 12. The minimum absolute atomic E-state index is 0.391. The molecule has 0 aromatic heterocycles. The Labute approximate surface area is 219 Å². The van der Waals surface area contributed by atoms with Crippen molar-refractivity contribution in [1.82, 2.24) is 10.6 Å². The van der Waals surface area contributed by atoms with E-state index in [4.69, 9.17) is 14.2 Å². The summed E-state index contributed by atoms with van der Waals surface area (Å²) in [7, 11) is 0. The summed E-state index contributed by atoms with van der Waals surface area (Å²) in [5.74, 6) is -1.63. The Hall–Kier alpha value is -1.85.